The smallest absolute Gasteiger partial charge is 0.267 e. The highest BCUT2D eigenvalue weighted by molar-refractivity contribution is 7.08. The zero-order chi connectivity index (χ0) is 16.2. The Morgan fingerprint density at radius 2 is 2.17 bits per heavy atom. The van der Waals surface area contributed by atoms with E-state index in [4.69, 9.17) is 0 Å². The fraction of sp³-hybridized carbons (Fsp3) is 0.467. The van der Waals surface area contributed by atoms with E-state index in [1.165, 1.54) is 11.3 Å². The van der Waals surface area contributed by atoms with Gasteiger partial charge in [-0.2, -0.15) is 11.3 Å². The monoisotopic (exact) mass is 350 g/mol. The number of nitrogens with zero attached hydrogens (tertiary/aromatic N) is 3. The molecular formula is C15H18N4O2S2. The summed E-state index contributed by atoms with van der Waals surface area (Å²) in [5.74, 6) is 0.427. The van der Waals surface area contributed by atoms with Crippen LogP contribution in [0.3, 0.4) is 0 Å². The summed E-state index contributed by atoms with van der Waals surface area (Å²) in [5.41, 5.74) is 1.42. The Labute approximate surface area is 142 Å². The second-order valence-corrected chi connectivity index (χ2v) is 7.18. The molecule has 6 nitrogen and oxygen atoms in total. The van der Waals surface area contributed by atoms with E-state index >= 15 is 0 Å². The largest absolute Gasteiger partial charge is 0.352 e. The Kier molecular flexibility index (Phi) is 5.02. The first-order valence-electron chi connectivity index (χ1n) is 7.54. The van der Waals surface area contributed by atoms with Crippen LogP contribution in [0.15, 0.2) is 16.8 Å². The lowest BCUT2D eigenvalue weighted by molar-refractivity contribution is 0.0688. The Morgan fingerprint density at radius 3 is 2.78 bits per heavy atom. The lowest BCUT2D eigenvalue weighted by Crippen LogP contribution is -2.41. The van der Waals surface area contributed by atoms with E-state index in [2.05, 4.69) is 14.9 Å². The van der Waals surface area contributed by atoms with E-state index in [0.717, 1.165) is 43.0 Å². The van der Waals surface area contributed by atoms with Gasteiger partial charge in [0, 0.05) is 30.6 Å². The third-order valence-electron chi connectivity index (χ3n) is 4.08. The predicted octanol–water partition coefficient (Wildman–Crippen LogP) is 2.19. The van der Waals surface area contributed by atoms with Crippen molar-refractivity contribution in [3.63, 3.8) is 0 Å². The van der Waals surface area contributed by atoms with Gasteiger partial charge in [-0.15, -0.1) is 5.10 Å². The lowest BCUT2D eigenvalue weighted by Gasteiger charge is -2.31. The second kappa shape index (κ2) is 7.18. The highest BCUT2D eigenvalue weighted by Gasteiger charge is 2.26. The van der Waals surface area contributed by atoms with E-state index in [0.29, 0.717) is 23.0 Å². The first kappa shape index (κ1) is 16.1. The van der Waals surface area contributed by atoms with Gasteiger partial charge >= 0.3 is 0 Å². The van der Waals surface area contributed by atoms with Gasteiger partial charge in [0.15, 0.2) is 0 Å². The van der Waals surface area contributed by atoms with Crippen LogP contribution in [-0.2, 0) is 0 Å². The summed E-state index contributed by atoms with van der Waals surface area (Å²) in [5, 5.41) is 10.6. The number of amides is 2. The molecule has 0 bridgehead atoms. The minimum absolute atomic E-state index is 0.0175. The maximum absolute atomic E-state index is 12.4. The SMILES string of the molecule is Cc1nnsc1C(=O)N1CCC(CNC(=O)c2ccsc2)CC1. The number of carbonyl (C=O) groups excluding carboxylic acids is 2. The van der Waals surface area contributed by atoms with Crippen LogP contribution in [0, 0.1) is 12.8 Å². The van der Waals surface area contributed by atoms with Crippen LogP contribution in [0.4, 0.5) is 0 Å². The fourth-order valence-corrected chi connectivity index (χ4v) is 3.91. The van der Waals surface area contributed by atoms with Crippen molar-refractivity contribution in [2.24, 2.45) is 5.92 Å². The van der Waals surface area contributed by atoms with Crippen LogP contribution >= 0.6 is 22.9 Å². The van der Waals surface area contributed by atoms with Crippen molar-refractivity contribution in [1.29, 1.82) is 0 Å². The number of piperidine rings is 1. The van der Waals surface area contributed by atoms with Crippen LogP contribution in [0.25, 0.3) is 0 Å². The number of likely N-dealkylation sites (tertiary alicyclic amines) is 1. The molecule has 1 aliphatic rings. The summed E-state index contributed by atoms with van der Waals surface area (Å²) < 4.78 is 3.82. The molecule has 0 spiro atoms. The minimum atomic E-state index is -0.0175. The minimum Gasteiger partial charge on any atom is -0.352 e. The van der Waals surface area contributed by atoms with Gasteiger partial charge in [0.1, 0.15) is 4.88 Å². The van der Waals surface area contributed by atoms with Crippen LogP contribution in [0.5, 0.6) is 0 Å². The van der Waals surface area contributed by atoms with Gasteiger partial charge < -0.3 is 10.2 Å². The summed E-state index contributed by atoms with van der Waals surface area (Å²) in [7, 11) is 0. The molecule has 3 heterocycles. The van der Waals surface area contributed by atoms with Crippen molar-refractivity contribution in [2.75, 3.05) is 19.6 Å². The summed E-state index contributed by atoms with van der Waals surface area (Å²) in [4.78, 5) is 26.8. The molecule has 3 rings (SSSR count). The van der Waals surface area contributed by atoms with E-state index in [1.54, 1.807) is 0 Å². The Hall–Kier alpha value is -1.80. The Morgan fingerprint density at radius 1 is 1.39 bits per heavy atom. The molecule has 8 heteroatoms. The number of aromatic nitrogens is 2. The predicted molar refractivity (Wildman–Crippen MR) is 89.9 cm³/mol. The quantitative estimate of drug-likeness (QED) is 0.917. The molecule has 2 aromatic heterocycles. The van der Waals surface area contributed by atoms with Gasteiger partial charge in [-0.1, -0.05) is 4.49 Å². The molecule has 0 atom stereocenters. The van der Waals surface area contributed by atoms with Gasteiger partial charge in [0.05, 0.1) is 5.69 Å². The Bertz CT molecular complexity index is 675. The van der Waals surface area contributed by atoms with Gasteiger partial charge in [-0.25, -0.2) is 0 Å². The molecule has 122 valence electrons. The summed E-state index contributed by atoms with van der Waals surface area (Å²) >= 11 is 2.67. The highest BCUT2D eigenvalue weighted by Crippen LogP contribution is 2.20. The number of rotatable bonds is 4. The molecule has 0 radical (unpaired) electrons. The van der Waals surface area contributed by atoms with Crippen molar-refractivity contribution in [3.05, 3.63) is 33.0 Å². The van der Waals surface area contributed by atoms with Gasteiger partial charge in [-0.3, -0.25) is 9.59 Å². The third-order valence-corrected chi connectivity index (χ3v) is 5.58. The summed E-state index contributed by atoms with van der Waals surface area (Å²) in [6.07, 6.45) is 1.81. The first-order valence-corrected chi connectivity index (χ1v) is 9.25. The van der Waals surface area contributed by atoms with E-state index in [-0.39, 0.29) is 11.8 Å². The molecule has 1 N–H and O–H groups in total. The van der Waals surface area contributed by atoms with Crippen LogP contribution in [-0.4, -0.2) is 45.9 Å². The van der Waals surface area contributed by atoms with E-state index in [9.17, 15) is 9.59 Å². The number of nitrogens with one attached hydrogen (secondary N) is 1. The number of thiophene rings is 1. The van der Waals surface area contributed by atoms with Crippen molar-refractivity contribution < 1.29 is 9.59 Å². The molecule has 2 aromatic rings. The fourth-order valence-electron chi connectivity index (χ4n) is 2.64. The molecule has 1 aliphatic heterocycles. The van der Waals surface area contributed by atoms with Crippen LogP contribution < -0.4 is 5.32 Å². The van der Waals surface area contributed by atoms with Crippen LogP contribution in [0.1, 0.15) is 38.6 Å². The molecule has 1 fully saturated rings. The zero-order valence-corrected chi connectivity index (χ0v) is 14.5. The van der Waals surface area contributed by atoms with Crippen molar-refractivity contribution in [2.45, 2.75) is 19.8 Å². The number of carbonyl (C=O) groups is 2. The second-order valence-electron chi connectivity index (χ2n) is 5.65. The lowest BCUT2D eigenvalue weighted by atomic mass is 9.96. The first-order chi connectivity index (χ1) is 11.1. The molecule has 1 saturated heterocycles. The van der Waals surface area contributed by atoms with Crippen molar-refractivity contribution in [3.8, 4) is 0 Å². The van der Waals surface area contributed by atoms with Gasteiger partial charge in [0.25, 0.3) is 11.8 Å². The topological polar surface area (TPSA) is 75.2 Å². The maximum atomic E-state index is 12.4. The van der Waals surface area contributed by atoms with Crippen molar-refractivity contribution >= 4 is 34.7 Å². The van der Waals surface area contributed by atoms with E-state index in [1.807, 2.05) is 28.7 Å². The van der Waals surface area contributed by atoms with Crippen LogP contribution in [0.2, 0.25) is 0 Å². The molecule has 0 aromatic carbocycles. The number of hydrogen-bond donors (Lipinski definition) is 1. The molecule has 23 heavy (non-hydrogen) atoms. The maximum Gasteiger partial charge on any atom is 0.267 e. The third kappa shape index (κ3) is 3.76. The number of hydrogen-bond acceptors (Lipinski definition) is 6. The molecule has 2 amide bonds. The van der Waals surface area contributed by atoms with Gasteiger partial charge in [0.2, 0.25) is 0 Å². The zero-order valence-electron chi connectivity index (χ0n) is 12.8. The van der Waals surface area contributed by atoms with Gasteiger partial charge in [-0.05, 0) is 48.7 Å². The normalized spacial score (nSPS) is 15.6. The molecular weight excluding hydrogens is 332 g/mol. The summed E-state index contributed by atoms with van der Waals surface area (Å²) in [6.45, 7) is 3.91. The summed E-state index contributed by atoms with van der Waals surface area (Å²) in [6, 6.07) is 1.83. The number of aryl methyl sites for hydroxylation is 1. The Balaban J connectivity index is 1.46. The molecule has 0 unspecified atom stereocenters. The molecule has 0 saturated carbocycles. The van der Waals surface area contributed by atoms with E-state index < -0.39 is 0 Å². The highest BCUT2D eigenvalue weighted by atomic mass is 32.1. The standard InChI is InChI=1S/C15H18N4O2S2/c1-10-13(23-18-17-10)15(21)19-5-2-11(3-6-19)8-16-14(20)12-4-7-22-9-12/h4,7,9,11H,2-3,5-6,8H2,1H3,(H,16,20). The molecule has 0 aliphatic carbocycles. The average molecular weight is 350 g/mol. The van der Waals surface area contributed by atoms with Crippen molar-refractivity contribution in [1.82, 2.24) is 19.8 Å². The average Bonchev–Trinajstić information content (AvgIpc) is 3.24.